The topological polar surface area (TPSA) is 21.3 Å². The molecule has 1 aromatic carbocycles. The molecule has 0 bridgehead atoms. The van der Waals surface area contributed by atoms with E-state index < -0.39 is 0 Å². The van der Waals surface area contributed by atoms with Gasteiger partial charge in [0.1, 0.15) is 11.9 Å². The van der Waals surface area contributed by atoms with Crippen LogP contribution in [-0.2, 0) is 0 Å². The lowest BCUT2D eigenvalue weighted by atomic mass is 10.0. The van der Waals surface area contributed by atoms with Crippen LogP contribution in [0.4, 0.5) is 0 Å². The van der Waals surface area contributed by atoms with E-state index in [-0.39, 0.29) is 6.10 Å². The summed E-state index contributed by atoms with van der Waals surface area (Å²) in [6, 6.07) is 6.13. The van der Waals surface area contributed by atoms with Crippen molar-refractivity contribution in [1.82, 2.24) is 5.32 Å². The molecule has 1 unspecified atom stereocenters. The van der Waals surface area contributed by atoms with Crippen molar-refractivity contribution in [3.63, 3.8) is 0 Å². The summed E-state index contributed by atoms with van der Waals surface area (Å²) in [5.74, 6) is 3.93. The molecule has 1 rings (SSSR count). The molecule has 2 nitrogen and oxygen atoms in total. The third-order valence-corrected chi connectivity index (χ3v) is 3.07. The zero-order chi connectivity index (χ0) is 13.5. The summed E-state index contributed by atoms with van der Waals surface area (Å²) >= 11 is 3.49. The van der Waals surface area contributed by atoms with Crippen molar-refractivity contribution < 1.29 is 4.74 Å². The SMILES string of the molecule is C#CCNCC(C)Oc1ccc(Br)cc1C(C)C. The summed E-state index contributed by atoms with van der Waals surface area (Å²) in [6.07, 6.45) is 5.28. The minimum atomic E-state index is 0.0945. The lowest BCUT2D eigenvalue weighted by molar-refractivity contribution is 0.216. The molecule has 0 aliphatic rings. The van der Waals surface area contributed by atoms with Crippen LogP contribution >= 0.6 is 15.9 Å². The first-order valence-corrected chi connectivity index (χ1v) is 6.94. The molecule has 0 radical (unpaired) electrons. The van der Waals surface area contributed by atoms with E-state index in [1.54, 1.807) is 0 Å². The summed E-state index contributed by atoms with van der Waals surface area (Å²) in [6.45, 7) is 7.68. The molecule has 3 heteroatoms. The van der Waals surface area contributed by atoms with E-state index in [2.05, 4.69) is 47.1 Å². The predicted octanol–water partition coefficient (Wildman–Crippen LogP) is 3.56. The zero-order valence-corrected chi connectivity index (χ0v) is 12.8. The molecule has 0 aliphatic heterocycles. The molecular weight excluding hydrogens is 290 g/mol. The maximum Gasteiger partial charge on any atom is 0.123 e. The van der Waals surface area contributed by atoms with E-state index in [4.69, 9.17) is 11.2 Å². The second-order valence-corrected chi connectivity index (χ2v) is 5.52. The van der Waals surface area contributed by atoms with Gasteiger partial charge in [0.25, 0.3) is 0 Å². The van der Waals surface area contributed by atoms with Gasteiger partial charge in [-0.2, -0.15) is 0 Å². The van der Waals surface area contributed by atoms with Crippen molar-refractivity contribution in [3.05, 3.63) is 28.2 Å². The highest BCUT2D eigenvalue weighted by molar-refractivity contribution is 9.10. The van der Waals surface area contributed by atoms with Gasteiger partial charge < -0.3 is 10.1 Å². The number of nitrogens with one attached hydrogen (secondary N) is 1. The number of hydrogen-bond acceptors (Lipinski definition) is 2. The molecule has 0 aromatic heterocycles. The fraction of sp³-hybridized carbons (Fsp3) is 0.467. The molecule has 98 valence electrons. The Morgan fingerprint density at radius 1 is 1.39 bits per heavy atom. The third-order valence-electron chi connectivity index (χ3n) is 2.58. The van der Waals surface area contributed by atoms with Crippen molar-refractivity contribution in [3.8, 4) is 18.1 Å². The maximum atomic E-state index is 5.96. The van der Waals surface area contributed by atoms with Gasteiger partial charge in [-0.05, 0) is 36.6 Å². The third kappa shape index (κ3) is 4.72. The van der Waals surface area contributed by atoms with E-state index in [9.17, 15) is 0 Å². The smallest absolute Gasteiger partial charge is 0.123 e. The molecule has 0 saturated carbocycles. The van der Waals surface area contributed by atoms with Crippen molar-refractivity contribution in [2.75, 3.05) is 13.1 Å². The van der Waals surface area contributed by atoms with Gasteiger partial charge in [-0.3, -0.25) is 0 Å². The molecule has 0 spiro atoms. The average Bonchev–Trinajstić information content (AvgIpc) is 2.31. The number of ether oxygens (including phenoxy) is 1. The fourth-order valence-corrected chi connectivity index (χ4v) is 2.06. The predicted molar refractivity (Wildman–Crippen MR) is 80.0 cm³/mol. The monoisotopic (exact) mass is 309 g/mol. The first kappa shape index (κ1) is 15.1. The Morgan fingerprint density at radius 2 is 2.11 bits per heavy atom. The fourth-order valence-electron chi connectivity index (χ4n) is 1.68. The lowest BCUT2D eigenvalue weighted by Gasteiger charge is -2.19. The number of terminal acetylenes is 1. The van der Waals surface area contributed by atoms with Gasteiger partial charge in [0.2, 0.25) is 0 Å². The van der Waals surface area contributed by atoms with Crippen LogP contribution in [0.5, 0.6) is 5.75 Å². The molecule has 1 atom stereocenters. The van der Waals surface area contributed by atoms with Gasteiger partial charge in [-0.15, -0.1) is 6.42 Å². The Hall–Kier alpha value is -0.980. The Balaban J connectivity index is 2.69. The Morgan fingerprint density at radius 3 is 2.72 bits per heavy atom. The summed E-state index contributed by atoms with van der Waals surface area (Å²) < 4.78 is 7.04. The van der Waals surface area contributed by atoms with Gasteiger partial charge in [0.15, 0.2) is 0 Å². The molecule has 1 aromatic rings. The van der Waals surface area contributed by atoms with Crippen molar-refractivity contribution >= 4 is 15.9 Å². The van der Waals surface area contributed by atoms with Crippen LogP contribution in [-0.4, -0.2) is 19.2 Å². The van der Waals surface area contributed by atoms with E-state index in [0.717, 1.165) is 16.8 Å². The second-order valence-electron chi connectivity index (χ2n) is 4.60. The van der Waals surface area contributed by atoms with Gasteiger partial charge in [0.05, 0.1) is 6.54 Å². The standard InChI is InChI=1S/C15H20BrNO/c1-5-8-17-10-12(4)18-15-7-6-13(16)9-14(15)11(2)3/h1,6-7,9,11-12,17H,8,10H2,2-4H3. The highest BCUT2D eigenvalue weighted by Gasteiger charge is 2.11. The van der Waals surface area contributed by atoms with Crippen LogP contribution in [0, 0.1) is 12.3 Å². The Bertz CT molecular complexity index is 423. The minimum absolute atomic E-state index is 0.0945. The average molecular weight is 310 g/mol. The summed E-state index contributed by atoms with van der Waals surface area (Å²) in [4.78, 5) is 0. The summed E-state index contributed by atoms with van der Waals surface area (Å²) in [7, 11) is 0. The van der Waals surface area contributed by atoms with E-state index in [1.165, 1.54) is 5.56 Å². The molecule has 1 N–H and O–H groups in total. The molecule has 0 fully saturated rings. The van der Waals surface area contributed by atoms with Crippen LogP contribution in [0.2, 0.25) is 0 Å². The van der Waals surface area contributed by atoms with Crippen LogP contribution in [0.25, 0.3) is 0 Å². The number of benzene rings is 1. The van der Waals surface area contributed by atoms with Crippen LogP contribution < -0.4 is 10.1 Å². The summed E-state index contributed by atoms with van der Waals surface area (Å²) in [5, 5.41) is 3.14. The normalized spacial score (nSPS) is 12.2. The Kier molecular flexibility index (Phi) is 6.24. The van der Waals surface area contributed by atoms with Crippen LogP contribution in [0.15, 0.2) is 22.7 Å². The number of halogens is 1. The highest BCUT2D eigenvalue weighted by atomic mass is 79.9. The highest BCUT2D eigenvalue weighted by Crippen LogP contribution is 2.30. The van der Waals surface area contributed by atoms with Gasteiger partial charge in [0, 0.05) is 11.0 Å². The van der Waals surface area contributed by atoms with Crippen LogP contribution in [0.3, 0.4) is 0 Å². The van der Waals surface area contributed by atoms with Crippen molar-refractivity contribution in [2.45, 2.75) is 32.8 Å². The van der Waals surface area contributed by atoms with E-state index in [0.29, 0.717) is 12.5 Å². The molecule has 0 amide bonds. The maximum absolute atomic E-state index is 5.96. The van der Waals surface area contributed by atoms with Gasteiger partial charge >= 0.3 is 0 Å². The first-order valence-electron chi connectivity index (χ1n) is 6.15. The van der Waals surface area contributed by atoms with Crippen LogP contribution in [0.1, 0.15) is 32.3 Å². The number of rotatable bonds is 6. The van der Waals surface area contributed by atoms with Crippen molar-refractivity contribution in [2.24, 2.45) is 0 Å². The quantitative estimate of drug-likeness (QED) is 0.641. The van der Waals surface area contributed by atoms with Gasteiger partial charge in [-0.1, -0.05) is 35.7 Å². The largest absolute Gasteiger partial charge is 0.489 e. The first-order chi connectivity index (χ1) is 8.54. The van der Waals surface area contributed by atoms with E-state index >= 15 is 0 Å². The molecule has 0 aliphatic carbocycles. The zero-order valence-electron chi connectivity index (χ0n) is 11.2. The van der Waals surface area contributed by atoms with Crippen molar-refractivity contribution in [1.29, 1.82) is 0 Å². The second kappa shape index (κ2) is 7.45. The molecular formula is C15H20BrNO. The summed E-state index contributed by atoms with van der Waals surface area (Å²) in [5.41, 5.74) is 1.22. The molecule has 0 heterocycles. The lowest BCUT2D eigenvalue weighted by Crippen LogP contribution is -2.29. The van der Waals surface area contributed by atoms with E-state index in [1.807, 2.05) is 19.1 Å². The molecule has 0 saturated heterocycles. The number of hydrogen-bond donors (Lipinski definition) is 1. The Labute approximate surface area is 118 Å². The molecule has 18 heavy (non-hydrogen) atoms. The minimum Gasteiger partial charge on any atom is -0.489 e. The van der Waals surface area contributed by atoms with Gasteiger partial charge in [-0.25, -0.2) is 0 Å².